The van der Waals surface area contributed by atoms with Gasteiger partial charge in [-0.1, -0.05) is 12.8 Å². The van der Waals surface area contributed by atoms with Crippen LogP contribution < -0.4 is 0 Å². The van der Waals surface area contributed by atoms with Gasteiger partial charge in [-0.05, 0) is 36.8 Å². The Morgan fingerprint density at radius 3 is 2.88 bits per heavy atom. The van der Waals surface area contributed by atoms with E-state index in [0.717, 1.165) is 19.4 Å². The number of H-pyrrole nitrogens is 1. The summed E-state index contributed by atoms with van der Waals surface area (Å²) in [4.78, 5) is 14.2. The Morgan fingerprint density at radius 2 is 2.06 bits per heavy atom. The van der Waals surface area contributed by atoms with Crippen LogP contribution in [0.2, 0.25) is 0 Å². The van der Waals surface area contributed by atoms with E-state index in [0.29, 0.717) is 12.0 Å². The van der Waals surface area contributed by atoms with Crippen LogP contribution in [-0.4, -0.2) is 44.0 Å². The van der Waals surface area contributed by atoms with Gasteiger partial charge >= 0.3 is 0 Å². The number of nitrogens with zero attached hydrogens (tertiary/aromatic N) is 4. The van der Waals surface area contributed by atoms with Crippen LogP contribution in [0.4, 0.5) is 0 Å². The average Bonchev–Trinajstić information content (AvgIpc) is 2.91. The highest BCUT2D eigenvalue weighted by Gasteiger charge is 2.37. The molecule has 1 aromatic rings. The van der Waals surface area contributed by atoms with Crippen LogP contribution in [0.15, 0.2) is 0 Å². The fourth-order valence-corrected chi connectivity index (χ4v) is 3.26. The van der Waals surface area contributed by atoms with Gasteiger partial charge in [-0.2, -0.15) is 5.21 Å². The van der Waals surface area contributed by atoms with Crippen LogP contribution in [0.25, 0.3) is 0 Å². The third kappa shape index (κ3) is 1.92. The molecule has 0 unspecified atom stereocenters. The van der Waals surface area contributed by atoms with Gasteiger partial charge in [0.25, 0.3) is 11.7 Å². The maximum atomic E-state index is 12.3. The Kier molecular flexibility index (Phi) is 2.78. The number of hydrogen-bond acceptors (Lipinski definition) is 4. The molecule has 1 aliphatic carbocycles. The van der Waals surface area contributed by atoms with Crippen LogP contribution in [0.5, 0.6) is 0 Å². The molecule has 1 amide bonds. The smallest absolute Gasteiger partial charge is 0.295 e. The highest BCUT2D eigenvalue weighted by molar-refractivity contribution is 5.90. The molecular weight excluding hydrogens is 218 g/mol. The molecule has 92 valence electrons. The van der Waals surface area contributed by atoms with Gasteiger partial charge in [-0.25, -0.2) is 0 Å². The van der Waals surface area contributed by atoms with Crippen molar-refractivity contribution in [3.8, 4) is 0 Å². The van der Waals surface area contributed by atoms with E-state index in [1.807, 2.05) is 4.90 Å². The van der Waals surface area contributed by atoms with Gasteiger partial charge in [0.1, 0.15) is 0 Å². The lowest BCUT2D eigenvalue weighted by Gasteiger charge is -2.43. The van der Waals surface area contributed by atoms with E-state index >= 15 is 0 Å². The van der Waals surface area contributed by atoms with Gasteiger partial charge in [0.05, 0.1) is 0 Å². The summed E-state index contributed by atoms with van der Waals surface area (Å²) in [5, 5.41) is 13.4. The molecular formula is C11H17N5O. The van der Waals surface area contributed by atoms with Crippen LogP contribution in [-0.2, 0) is 0 Å². The lowest BCUT2D eigenvalue weighted by atomic mass is 9.78. The van der Waals surface area contributed by atoms with E-state index < -0.39 is 0 Å². The molecule has 6 heteroatoms. The zero-order chi connectivity index (χ0) is 11.7. The molecule has 1 saturated carbocycles. The summed E-state index contributed by atoms with van der Waals surface area (Å²) in [6.45, 7) is 0.842. The minimum absolute atomic E-state index is 0.0599. The molecule has 1 saturated heterocycles. The van der Waals surface area contributed by atoms with Gasteiger partial charge in [-0.3, -0.25) is 4.79 Å². The van der Waals surface area contributed by atoms with Crippen molar-refractivity contribution in [2.45, 2.75) is 44.6 Å². The molecule has 0 bridgehead atoms. The quantitative estimate of drug-likeness (QED) is 0.787. The van der Waals surface area contributed by atoms with Gasteiger partial charge in [0.2, 0.25) is 0 Å². The molecule has 2 fully saturated rings. The molecule has 0 radical (unpaired) electrons. The van der Waals surface area contributed by atoms with Crippen molar-refractivity contribution in [3.63, 3.8) is 0 Å². The maximum Gasteiger partial charge on any atom is 0.295 e. The number of carbonyl (C=O) groups is 1. The van der Waals surface area contributed by atoms with Crippen molar-refractivity contribution in [2.24, 2.45) is 5.92 Å². The largest absolute Gasteiger partial charge is 0.333 e. The molecule has 2 atom stereocenters. The zero-order valence-corrected chi connectivity index (χ0v) is 9.80. The Balaban J connectivity index is 1.79. The van der Waals surface area contributed by atoms with E-state index in [1.165, 1.54) is 25.7 Å². The SMILES string of the molecule is O=C(c1nn[nH]n1)N1CCC[C@H]2CCCC[C@H]21. The van der Waals surface area contributed by atoms with Crippen LogP contribution in [0.1, 0.15) is 49.1 Å². The van der Waals surface area contributed by atoms with E-state index in [4.69, 9.17) is 0 Å². The lowest BCUT2D eigenvalue weighted by molar-refractivity contribution is 0.0379. The number of piperidine rings is 1. The van der Waals surface area contributed by atoms with Gasteiger partial charge in [0.15, 0.2) is 0 Å². The Morgan fingerprint density at radius 1 is 1.24 bits per heavy atom. The van der Waals surface area contributed by atoms with Crippen molar-refractivity contribution >= 4 is 5.91 Å². The lowest BCUT2D eigenvalue weighted by Crippen LogP contribution is -2.49. The predicted octanol–water partition coefficient (Wildman–Crippen LogP) is 0.994. The zero-order valence-electron chi connectivity index (χ0n) is 9.80. The van der Waals surface area contributed by atoms with Crippen molar-refractivity contribution in [1.82, 2.24) is 25.5 Å². The molecule has 3 rings (SSSR count). The summed E-state index contributed by atoms with van der Waals surface area (Å²) in [6, 6.07) is 0.406. The van der Waals surface area contributed by atoms with Crippen LogP contribution >= 0.6 is 0 Å². The molecule has 0 aromatic carbocycles. The molecule has 17 heavy (non-hydrogen) atoms. The highest BCUT2D eigenvalue weighted by atomic mass is 16.2. The summed E-state index contributed by atoms with van der Waals surface area (Å²) in [6.07, 6.45) is 7.31. The minimum atomic E-state index is -0.0599. The number of hydrogen-bond donors (Lipinski definition) is 1. The van der Waals surface area contributed by atoms with E-state index in [2.05, 4.69) is 20.6 Å². The van der Waals surface area contributed by atoms with Crippen LogP contribution in [0.3, 0.4) is 0 Å². The van der Waals surface area contributed by atoms with Gasteiger partial charge < -0.3 is 4.90 Å². The first-order valence-corrected chi connectivity index (χ1v) is 6.40. The fourth-order valence-electron chi connectivity index (χ4n) is 3.26. The average molecular weight is 235 g/mol. The number of rotatable bonds is 1. The van der Waals surface area contributed by atoms with Crippen LogP contribution in [0, 0.1) is 5.92 Å². The number of carbonyl (C=O) groups excluding carboxylic acids is 1. The molecule has 2 heterocycles. The number of likely N-dealkylation sites (tertiary alicyclic amines) is 1. The highest BCUT2D eigenvalue weighted by Crippen LogP contribution is 2.35. The predicted molar refractivity (Wildman–Crippen MR) is 60.2 cm³/mol. The summed E-state index contributed by atoms with van der Waals surface area (Å²) in [7, 11) is 0. The first kappa shape index (κ1) is 10.7. The summed E-state index contributed by atoms with van der Waals surface area (Å²) in [5.74, 6) is 0.833. The third-order valence-corrected chi connectivity index (χ3v) is 4.04. The molecule has 0 spiro atoms. The van der Waals surface area contributed by atoms with E-state index in [9.17, 15) is 4.79 Å². The second-order valence-electron chi connectivity index (χ2n) is 4.99. The topological polar surface area (TPSA) is 74.8 Å². The van der Waals surface area contributed by atoms with E-state index in [1.54, 1.807) is 0 Å². The third-order valence-electron chi connectivity index (χ3n) is 4.04. The minimum Gasteiger partial charge on any atom is -0.333 e. The number of aromatic nitrogens is 4. The first-order valence-electron chi connectivity index (χ1n) is 6.40. The normalized spacial score (nSPS) is 28.8. The molecule has 1 N–H and O–H groups in total. The van der Waals surface area contributed by atoms with E-state index in [-0.39, 0.29) is 11.7 Å². The first-order chi connectivity index (χ1) is 8.36. The number of amides is 1. The number of fused-ring (bicyclic) bond motifs is 1. The number of tetrazole rings is 1. The Hall–Kier alpha value is -1.46. The Labute approximate surface area is 99.8 Å². The Bertz CT molecular complexity index is 389. The second-order valence-corrected chi connectivity index (χ2v) is 4.99. The summed E-state index contributed by atoms with van der Waals surface area (Å²) >= 11 is 0. The fraction of sp³-hybridized carbons (Fsp3) is 0.818. The summed E-state index contributed by atoms with van der Waals surface area (Å²) in [5.41, 5.74) is 0. The van der Waals surface area contributed by atoms with Gasteiger partial charge in [0, 0.05) is 12.6 Å². The van der Waals surface area contributed by atoms with Crippen molar-refractivity contribution < 1.29 is 4.79 Å². The van der Waals surface area contributed by atoms with Crippen molar-refractivity contribution in [3.05, 3.63) is 5.82 Å². The molecule has 1 aromatic heterocycles. The maximum absolute atomic E-state index is 12.3. The molecule has 6 nitrogen and oxygen atoms in total. The second kappa shape index (κ2) is 4.43. The summed E-state index contributed by atoms with van der Waals surface area (Å²) < 4.78 is 0. The monoisotopic (exact) mass is 235 g/mol. The van der Waals surface area contributed by atoms with Crippen molar-refractivity contribution in [2.75, 3.05) is 6.54 Å². The molecule has 1 aliphatic heterocycles. The molecule has 2 aliphatic rings. The van der Waals surface area contributed by atoms with Crippen molar-refractivity contribution in [1.29, 1.82) is 0 Å². The number of aromatic amines is 1. The number of nitrogens with one attached hydrogen (secondary N) is 1. The standard InChI is InChI=1S/C11H17N5O/c17-11(10-12-14-15-13-10)16-7-3-5-8-4-1-2-6-9(8)16/h8-9H,1-7H2,(H,12,13,14,15)/t8-,9-/m1/s1. The van der Waals surface area contributed by atoms with Gasteiger partial charge in [-0.15, -0.1) is 10.2 Å².